The second-order valence-corrected chi connectivity index (χ2v) is 6.93. The van der Waals surface area contributed by atoms with Gasteiger partial charge in [-0.15, -0.1) is 0 Å². The van der Waals surface area contributed by atoms with E-state index in [1.807, 2.05) is 0 Å². The summed E-state index contributed by atoms with van der Waals surface area (Å²) in [5, 5.41) is 2.62. The maximum atomic E-state index is 12.6. The fraction of sp³-hybridized carbons (Fsp3) is 0.500. The molecule has 2 rings (SSSR count). The molecule has 0 aromatic carbocycles. The van der Waals surface area contributed by atoms with E-state index in [1.54, 1.807) is 32.4 Å². The van der Waals surface area contributed by atoms with E-state index >= 15 is 0 Å². The number of carbonyl (C=O) groups is 2. The first kappa shape index (κ1) is 19.6. The number of esters is 1. The zero-order valence-electron chi connectivity index (χ0n) is 15.6. The van der Waals surface area contributed by atoms with E-state index in [9.17, 15) is 9.59 Å². The number of nitrogens with zero attached hydrogens (tertiary/aromatic N) is 3. The van der Waals surface area contributed by atoms with Gasteiger partial charge in [-0.3, -0.25) is 9.78 Å². The largest absolute Gasteiger partial charge is 0.467 e. The molecule has 1 aliphatic rings. The molecule has 8 heteroatoms. The van der Waals surface area contributed by atoms with Gasteiger partial charge < -0.3 is 15.8 Å². The summed E-state index contributed by atoms with van der Waals surface area (Å²) >= 11 is 0. The lowest BCUT2D eigenvalue weighted by Crippen LogP contribution is -2.51. The highest BCUT2D eigenvalue weighted by atomic mass is 16.5. The Morgan fingerprint density at radius 3 is 2.73 bits per heavy atom. The Hall–Kier alpha value is -2.77. The third-order valence-corrected chi connectivity index (χ3v) is 4.27. The normalized spacial score (nSPS) is 21.2. The molecule has 0 spiro atoms. The fourth-order valence-electron chi connectivity index (χ4n) is 2.78. The summed E-state index contributed by atoms with van der Waals surface area (Å²) in [6.45, 7) is 5.25. The highest BCUT2D eigenvalue weighted by Crippen LogP contribution is 2.29. The molecule has 0 saturated heterocycles. The summed E-state index contributed by atoms with van der Waals surface area (Å²) < 4.78 is 4.71. The van der Waals surface area contributed by atoms with Crippen LogP contribution in [0.4, 0.5) is 5.82 Å². The molecule has 0 aliphatic heterocycles. The van der Waals surface area contributed by atoms with Gasteiger partial charge in [-0.1, -0.05) is 6.92 Å². The molecule has 8 nitrogen and oxygen atoms in total. The highest BCUT2D eigenvalue weighted by Gasteiger charge is 2.32. The van der Waals surface area contributed by atoms with E-state index in [0.717, 1.165) is 12.1 Å². The van der Waals surface area contributed by atoms with Gasteiger partial charge in [0, 0.05) is 23.7 Å². The molecule has 1 heterocycles. The van der Waals surface area contributed by atoms with Crippen molar-refractivity contribution in [3.05, 3.63) is 29.9 Å². The van der Waals surface area contributed by atoms with Gasteiger partial charge in [-0.2, -0.15) is 0 Å². The number of methoxy groups -OCH3 is 1. The molecule has 140 valence electrons. The number of hydrogen-bond donors (Lipinski definition) is 2. The van der Waals surface area contributed by atoms with Gasteiger partial charge in [0.2, 0.25) is 0 Å². The molecule has 1 unspecified atom stereocenters. The number of rotatable bonds is 4. The third kappa shape index (κ3) is 4.65. The molecular weight excluding hydrogens is 334 g/mol. The fourth-order valence-corrected chi connectivity index (χ4v) is 2.78. The zero-order chi connectivity index (χ0) is 19.3. The molecule has 26 heavy (non-hydrogen) atoms. The van der Waals surface area contributed by atoms with Crippen LogP contribution in [0.1, 0.15) is 40.0 Å². The van der Waals surface area contributed by atoms with Crippen LogP contribution in [0.5, 0.6) is 0 Å². The highest BCUT2D eigenvalue weighted by molar-refractivity contribution is 6.09. The molecular formula is C18H25N5O3. The average Bonchev–Trinajstić information content (AvgIpc) is 2.61. The summed E-state index contributed by atoms with van der Waals surface area (Å²) in [6.07, 6.45) is 6.92. The number of allylic oxidation sites excluding steroid dienone is 1. The van der Waals surface area contributed by atoms with Gasteiger partial charge in [0.05, 0.1) is 13.3 Å². The minimum Gasteiger partial charge on any atom is -0.467 e. The van der Waals surface area contributed by atoms with Gasteiger partial charge >= 0.3 is 5.97 Å². The van der Waals surface area contributed by atoms with Crippen LogP contribution in [0.3, 0.4) is 0 Å². The van der Waals surface area contributed by atoms with Gasteiger partial charge in [0.1, 0.15) is 11.2 Å². The van der Waals surface area contributed by atoms with Crippen LogP contribution in [0, 0.1) is 5.92 Å². The Morgan fingerprint density at radius 2 is 2.12 bits per heavy atom. The molecule has 1 atom stereocenters. The van der Waals surface area contributed by atoms with Crippen molar-refractivity contribution in [2.75, 3.05) is 7.11 Å². The molecule has 1 aromatic rings. The summed E-state index contributed by atoms with van der Waals surface area (Å²) in [5.74, 6) is -0.167. The van der Waals surface area contributed by atoms with Crippen molar-refractivity contribution in [1.82, 2.24) is 15.3 Å². The second kappa shape index (κ2) is 8.07. The van der Waals surface area contributed by atoms with E-state index in [0.29, 0.717) is 30.2 Å². The van der Waals surface area contributed by atoms with Crippen LogP contribution < -0.4 is 11.1 Å². The number of aliphatic imine (C=N–C) groups is 1. The van der Waals surface area contributed by atoms with Crippen molar-refractivity contribution >= 4 is 23.4 Å². The first-order chi connectivity index (χ1) is 12.2. The van der Waals surface area contributed by atoms with Crippen molar-refractivity contribution in [2.24, 2.45) is 16.6 Å². The number of nitrogens with two attached hydrogens (primary N) is 1. The number of carbonyl (C=O) groups excluding carboxylic acids is 2. The lowest BCUT2D eigenvalue weighted by atomic mass is 9.84. The Kier molecular flexibility index (Phi) is 6.07. The number of aromatic nitrogens is 2. The molecule has 1 amide bonds. The van der Waals surface area contributed by atoms with Crippen LogP contribution in [-0.2, 0) is 14.3 Å². The van der Waals surface area contributed by atoms with Crippen molar-refractivity contribution in [2.45, 2.75) is 45.6 Å². The quantitative estimate of drug-likeness (QED) is 0.623. The first-order valence-electron chi connectivity index (χ1n) is 8.48. The van der Waals surface area contributed by atoms with Gasteiger partial charge in [0.25, 0.3) is 5.91 Å². The molecule has 1 fully saturated rings. The van der Waals surface area contributed by atoms with E-state index < -0.39 is 17.4 Å². The zero-order valence-corrected chi connectivity index (χ0v) is 15.6. The van der Waals surface area contributed by atoms with Crippen LogP contribution in [0.15, 0.2) is 34.9 Å². The van der Waals surface area contributed by atoms with Crippen LogP contribution in [0.25, 0.3) is 0 Å². The predicted molar refractivity (Wildman–Crippen MR) is 97.6 cm³/mol. The SMILES string of the molecule is COC(=O)C(C)(C)NC(=O)C(N)=C1CCC(C)CC1=Nc1cnccn1. The maximum absolute atomic E-state index is 12.6. The van der Waals surface area contributed by atoms with Crippen LogP contribution >= 0.6 is 0 Å². The Labute approximate surface area is 153 Å². The smallest absolute Gasteiger partial charge is 0.330 e. The van der Waals surface area contributed by atoms with Crippen molar-refractivity contribution in [3.8, 4) is 0 Å². The van der Waals surface area contributed by atoms with Crippen molar-refractivity contribution < 1.29 is 14.3 Å². The number of hydrogen-bond acceptors (Lipinski definition) is 7. The van der Waals surface area contributed by atoms with E-state index in [1.165, 1.54) is 7.11 Å². The Morgan fingerprint density at radius 1 is 1.38 bits per heavy atom. The molecule has 0 radical (unpaired) electrons. The first-order valence-corrected chi connectivity index (χ1v) is 8.48. The molecule has 0 bridgehead atoms. The summed E-state index contributed by atoms with van der Waals surface area (Å²) in [7, 11) is 1.27. The minimum absolute atomic E-state index is 0.0662. The Balaban J connectivity index is 2.33. The maximum Gasteiger partial charge on any atom is 0.330 e. The summed E-state index contributed by atoms with van der Waals surface area (Å²) in [6, 6.07) is 0. The molecule has 1 saturated carbocycles. The minimum atomic E-state index is -1.18. The second-order valence-electron chi connectivity index (χ2n) is 6.93. The van der Waals surface area contributed by atoms with Crippen molar-refractivity contribution in [1.29, 1.82) is 0 Å². The third-order valence-electron chi connectivity index (χ3n) is 4.27. The molecule has 1 aromatic heterocycles. The van der Waals surface area contributed by atoms with Crippen molar-refractivity contribution in [3.63, 3.8) is 0 Å². The number of ether oxygens (including phenoxy) is 1. The van der Waals surface area contributed by atoms with E-state index in [2.05, 4.69) is 27.2 Å². The monoisotopic (exact) mass is 359 g/mol. The van der Waals surface area contributed by atoms with Crippen LogP contribution in [0.2, 0.25) is 0 Å². The molecule has 3 N–H and O–H groups in total. The molecule has 1 aliphatic carbocycles. The van der Waals surface area contributed by atoms with Crippen LogP contribution in [-0.4, -0.2) is 40.2 Å². The summed E-state index contributed by atoms with van der Waals surface area (Å²) in [4.78, 5) is 37.1. The van der Waals surface area contributed by atoms with Gasteiger partial charge in [-0.05, 0) is 39.0 Å². The van der Waals surface area contributed by atoms with E-state index in [-0.39, 0.29) is 5.70 Å². The average molecular weight is 359 g/mol. The van der Waals surface area contributed by atoms with E-state index in [4.69, 9.17) is 10.5 Å². The lowest BCUT2D eigenvalue weighted by molar-refractivity contribution is -0.148. The summed E-state index contributed by atoms with van der Waals surface area (Å²) in [5.41, 5.74) is 6.43. The number of nitrogens with one attached hydrogen (secondary N) is 1. The Bertz CT molecular complexity index is 740. The van der Waals surface area contributed by atoms with Gasteiger partial charge in [-0.25, -0.2) is 14.8 Å². The van der Waals surface area contributed by atoms with Gasteiger partial charge in [0.15, 0.2) is 5.82 Å². The standard InChI is InChI=1S/C18H25N5O3/c1-11-5-6-12(13(9-11)22-14-10-20-7-8-21-14)15(19)16(24)23-18(2,3)17(25)26-4/h7-8,10-11H,5-6,9,19H2,1-4H3,(H,23,24). The lowest BCUT2D eigenvalue weighted by Gasteiger charge is -2.26. The topological polar surface area (TPSA) is 120 Å². The predicted octanol–water partition coefficient (Wildman–Crippen LogP) is 1.65. The number of amides is 1.